The lowest BCUT2D eigenvalue weighted by molar-refractivity contribution is 0.117. The smallest absolute Gasteiger partial charge is 0.276 e. The molecule has 5 nitrogen and oxygen atoms in total. The monoisotopic (exact) mass is 289 g/mol. The number of rotatable bonds is 7. The highest BCUT2D eigenvalue weighted by molar-refractivity contribution is 5.98. The Labute approximate surface area is 126 Å². The molecule has 4 amide bonds. The van der Waals surface area contributed by atoms with Crippen LogP contribution < -0.4 is 0 Å². The third kappa shape index (κ3) is 4.21. The Balaban J connectivity index is 0.00000191. The van der Waals surface area contributed by atoms with Crippen LogP contribution in [0.1, 0.15) is 6.42 Å². The lowest BCUT2D eigenvalue weighted by Gasteiger charge is -2.41. The summed E-state index contributed by atoms with van der Waals surface area (Å²) in [5.74, 6) is 0.352. The van der Waals surface area contributed by atoms with E-state index in [1.165, 1.54) is 14.7 Å². The Bertz CT molecular complexity index is 411. The number of carbonyl (C=O) groups excluding carboxylic acids is 2. The molecule has 114 valence electrons. The molecule has 0 bridgehead atoms. The number of hydrogen-bond donors (Lipinski definition) is 0. The normalized spacial score (nSPS) is 14.5. The first-order chi connectivity index (χ1) is 10.1. The van der Waals surface area contributed by atoms with E-state index in [-0.39, 0.29) is 12.1 Å². The van der Waals surface area contributed by atoms with E-state index >= 15 is 0 Å². The Kier molecular flexibility index (Phi) is 8.22. The van der Waals surface area contributed by atoms with Gasteiger partial charge in [-0.05, 0) is 6.42 Å². The minimum atomic E-state index is -0.378. The van der Waals surface area contributed by atoms with Gasteiger partial charge in [0.15, 0.2) is 0 Å². The summed E-state index contributed by atoms with van der Waals surface area (Å²) in [6, 6.07) is -0.755. The van der Waals surface area contributed by atoms with Gasteiger partial charge < -0.3 is 0 Å². The summed E-state index contributed by atoms with van der Waals surface area (Å²) in [7, 11) is 0. The molecule has 0 radical (unpaired) electrons. The summed E-state index contributed by atoms with van der Waals surface area (Å²) in [4.78, 5) is 28.5. The fraction of sp³-hybridized carbons (Fsp3) is 0.250. The third-order valence-electron chi connectivity index (χ3n) is 2.73. The van der Waals surface area contributed by atoms with Crippen molar-refractivity contribution in [2.45, 2.75) is 6.42 Å². The first-order valence-corrected chi connectivity index (χ1v) is 6.50. The van der Waals surface area contributed by atoms with Crippen molar-refractivity contribution in [2.24, 2.45) is 0 Å². The van der Waals surface area contributed by atoms with Gasteiger partial charge in [-0.3, -0.25) is 9.80 Å². The lowest BCUT2D eigenvalue weighted by atomic mass is 10.3. The first kappa shape index (κ1) is 18.4. The number of hydrogen-bond acceptors (Lipinski definition) is 2. The van der Waals surface area contributed by atoms with E-state index in [4.69, 9.17) is 0 Å². The maximum Gasteiger partial charge on any atom is 0.334 e. The molecule has 21 heavy (non-hydrogen) atoms. The van der Waals surface area contributed by atoms with Crippen molar-refractivity contribution >= 4 is 12.1 Å². The van der Waals surface area contributed by atoms with Crippen molar-refractivity contribution in [1.29, 1.82) is 0 Å². The van der Waals surface area contributed by atoms with E-state index in [9.17, 15) is 9.59 Å². The van der Waals surface area contributed by atoms with Crippen LogP contribution in [0.2, 0.25) is 0 Å². The molecule has 0 aromatic heterocycles. The molecule has 1 rings (SSSR count). The molecular weight excluding hydrogens is 266 g/mol. The molecule has 0 unspecified atom stereocenters. The molecule has 1 aliphatic heterocycles. The van der Waals surface area contributed by atoms with Crippen LogP contribution in [0.4, 0.5) is 9.59 Å². The molecule has 1 aliphatic rings. The lowest BCUT2D eigenvalue weighted by Crippen LogP contribution is -2.59. The van der Waals surface area contributed by atoms with Crippen LogP contribution >= 0.6 is 0 Å². The Morgan fingerprint density at radius 2 is 1.24 bits per heavy atom. The second kappa shape index (κ2) is 9.36. The standard InChI is InChI=1S/C14H19N3O2.C2H4/c1-5-8-11-17-13(18)15(9-6-2)12(4)16(10-7-3)14(17)19;1-2/h5-7H,1-4,8-11H2;1-2H2. The Hall–Kier alpha value is -2.56. The third-order valence-corrected chi connectivity index (χ3v) is 2.73. The van der Waals surface area contributed by atoms with Gasteiger partial charge in [0.25, 0.3) is 0 Å². The van der Waals surface area contributed by atoms with Gasteiger partial charge in [0.2, 0.25) is 0 Å². The van der Waals surface area contributed by atoms with E-state index in [0.29, 0.717) is 31.9 Å². The number of urea groups is 2. The summed E-state index contributed by atoms with van der Waals surface area (Å²) in [5, 5.41) is 0. The minimum Gasteiger partial charge on any atom is -0.276 e. The summed E-state index contributed by atoms with van der Waals surface area (Å²) in [6.07, 6.45) is 5.40. The predicted octanol–water partition coefficient (Wildman–Crippen LogP) is 3.37. The average molecular weight is 289 g/mol. The summed E-state index contributed by atoms with van der Waals surface area (Å²) in [5.41, 5.74) is 0. The second-order valence-corrected chi connectivity index (χ2v) is 4.01. The van der Waals surface area contributed by atoms with Crippen molar-refractivity contribution in [2.75, 3.05) is 19.6 Å². The van der Waals surface area contributed by atoms with Gasteiger partial charge in [-0.15, -0.1) is 32.9 Å². The predicted molar refractivity (Wildman–Crippen MR) is 86.5 cm³/mol. The van der Waals surface area contributed by atoms with Crippen molar-refractivity contribution in [3.63, 3.8) is 0 Å². The van der Waals surface area contributed by atoms with E-state index in [0.717, 1.165) is 0 Å². The summed E-state index contributed by atoms with van der Waals surface area (Å²) in [6.45, 7) is 21.5. The van der Waals surface area contributed by atoms with Crippen LogP contribution in [-0.2, 0) is 0 Å². The maximum absolute atomic E-state index is 12.2. The first-order valence-electron chi connectivity index (χ1n) is 6.50. The van der Waals surface area contributed by atoms with E-state index in [2.05, 4.69) is 39.5 Å². The van der Waals surface area contributed by atoms with Crippen LogP contribution in [0.5, 0.6) is 0 Å². The molecule has 0 aliphatic carbocycles. The highest BCUT2D eigenvalue weighted by atomic mass is 16.2. The zero-order chi connectivity index (χ0) is 16.4. The number of nitrogens with zero attached hydrogens (tertiary/aromatic N) is 3. The van der Waals surface area contributed by atoms with Crippen LogP contribution in [0.15, 0.2) is 63.5 Å². The van der Waals surface area contributed by atoms with Gasteiger partial charge in [-0.1, -0.05) is 24.8 Å². The minimum absolute atomic E-state index is 0.301. The molecule has 0 spiro atoms. The van der Waals surface area contributed by atoms with E-state index in [1.54, 1.807) is 18.2 Å². The van der Waals surface area contributed by atoms with E-state index in [1.807, 2.05) is 0 Å². The van der Waals surface area contributed by atoms with Crippen LogP contribution in [0.3, 0.4) is 0 Å². The summed E-state index contributed by atoms with van der Waals surface area (Å²) < 4.78 is 0. The van der Waals surface area contributed by atoms with Crippen LogP contribution in [0, 0.1) is 0 Å². The molecule has 5 heteroatoms. The van der Waals surface area contributed by atoms with Gasteiger partial charge in [0.1, 0.15) is 5.82 Å². The largest absolute Gasteiger partial charge is 0.334 e. The van der Waals surface area contributed by atoms with Gasteiger partial charge in [0.05, 0.1) is 0 Å². The fourth-order valence-electron chi connectivity index (χ4n) is 1.78. The Morgan fingerprint density at radius 3 is 1.57 bits per heavy atom. The van der Waals surface area contributed by atoms with Gasteiger partial charge in [-0.25, -0.2) is 14.5 Å². The van der Waals surface area contributed by atoms with Crippen LogP contribution in [-0.4, -0.2) is 46.4 Å². The zero-order valence-electron chi connectivity index (χ0n) is 12.5. The van der Waals surface area contributed by atoms with Gasteiger partial charge in [0, 0.05) is 19.6 Å². The highest BCUT2D eigenvalue weighted by Gasteiger charge is 2.38. The Morgan fingerprint density at radius 1 is 0.810 bits per heavy atom. The quantitative estimate of drug-likeness (QED) is 0.674. The van der Waals surface area contributed by atoms with Gasteiger partial charge in [-0.2, -0.15) is 0 Å². The van der Waals surface area contributed by atoms with Crippen molar-refractivity contribution < 1.29 is 9.59 Å². The molecule has 0 atom stereocenters. The molecule has 1 heterocycles. The van der Waals surface area contributed by atoms with Crippen molar-refractivity contribution in [3.8, 4) is 0 Å². The second-order valence-electron chi connectivity index (χ2n) is 4.01. The van der Waals surface area contributed by atoms with E-state index < -0.39 is 0 Å². The van der Waals surface area contributed by atoms with Crippen molar-refractivity contribution in [1.82, 2.24) is 14.7 Å². The number of amides is 4. The summed E-state index contributed by atoms with van der Waals surface area (Å²) >= 11 is 0. The number of carbonyl (C=O) groups is 2. The molecule has 1 fully saturated rings. The molecule has 0 saturated carbocycles. The molecule has 0 aromatic rings. The van der Waals surface area contributed by atoms with Crippen molar-refractivity contribution in [3.05, 3.63) is 63.5 Å². The van der Waals surface area contributed by atoms with Gasteiger partial charge >= 0.3 is 12.1 Å². The molecule has 0 aromatic carbocycles. The SMILES string of the molecule is C=C.C=CCCN1C(=O)N(CC=C)C(=C)N(CC=C)C1=O. The van der Waals surface area contributed by atoms with Crippen LogP contribution in [0.25, 0.3) is 0 Å². The molecule has 0 N–H and O–H groups in total. The zero-order valence-corrected chi connectivity index (χ0v) is 12.5. The fourth-order valence-corrected chi connectivity index (χ4v) is 1.78. The maximum atomic E-state index is 12.2. The topological polar surface area (TPSA) is 43.9 Å². The number of imide groups is 1. The highest BCUT2D eigenvalue weighted by Crippen LogP contribution is 2.21. The molecule has 1 saturated heterocycles. The molecular formula is C16H23N3O2. The average Bonchev–Trinajstić information content (AvgIpc) is 2.50.